The van der Waals surface area contributed by atoms with Crippen molar-refractivity contribution in [1.82, 2.24) is 29.9 Å². The Morgan fingerprint density at radius 2 is 1.83 bits per heavy atom. The van der Waals surface area contributed by atoms with E-state index in [2.05, 4.69) is 20.5 Å². The molecule has 0 aliphatic carbocycles. The van der Waals surface area contributed by atoms with Crippen molar-refractivity contribution in [2.45, 2.75) is 6.17 Å². The van der Waals surface area contributed by atoms with Crippen molar-refractivity contribution < 1.29 is 9.90 Å². The summed E-state index contributed by atoms with van der Waals surface area (Å²) in [5, 5.41) is 21.1. The quantitative estimate of drug-likeness (QED) is 0.507. The molecule has 8 nitrogen and oxygen atoms in total. The van der Waals surface area contributed by atoms with Gasteiger partial charge < -0.3 is 10.4 Å². The number of aromatic hydroxyl groups is 1. The largest absolute Gasteiger partial charge is 0.505 e. The Morgan fingerprint density at radius 3 is 2.48 bits per heavy atom. The molecule has 0 radical (unpaired) electrons. The van der Waals surface area contributed by atoms with Crippen molar-refractivity contribution in [1.29, 1.82) is 0 Å². The number of benzene rings is 2. The van der Waals surface area contributed by atoms with Crippen LogP contribution in [0.4, 0.5) is 0 Å². The molecule has 4 rings (SSSR count). The fraction of sp³-hybridized carbons (Fsp3) is 0.0526. The Balaban J connectivity index is 1.60. The van der Waals surface area contributed by atoms with Gasteiger partial charge in [-0.05, 0) is 23.8 Å². The van der Waals surface area contributed by atoms with Crippen LogP contribution in [0.25, 0.3) is 5.69 Å². The lowest BCUT2D eigenvalue weighted by atomic mass is 10.1. The highest BCUT2D eigenvalue weighted by atomic mass is 35.5. The fourth-order valence-corrected chi connectivity index (χ4v) is 3.21. The van der Waals surface area contributed by atoms with Crippen molar-refractivity contribution in [3.8, 4) is 11.4 Å². The summed E-state index contributed by atoms with van der Waals surface area (Å²) < 4.78 is 2.97. The zero-order chi connectivity index (χ0) is 20.4. The molecule has 2 aromatic heterocycles. The van der Waals surface area contributed by atoms with E-state index >= 15 is 0 Å². The van der Waals surface area contributed by atoms with Crippen molar-refractivity contribution in [3.05, 3.63) is 88.7 Å². The zero-order valence-corrected chi connectivity index (χ0v) is 16.3. The number of hydrogen-bond acceptors (Lipinski definition) is 5. The van der Waals surface area contributed by atoms with Gasteiger partial charge in [0.15, 0.2) is 5.75 Å². The van der Waals surface area contributed by atoms with Crippen LogP contribution in [-0.2, 0) is 0 Å². The van der Waals surface area contributed by atoms with Gasteiger partial charge in [0.25, 0.3) is 5.91 Å². The summed E-state index contributed by atoms with van der Waals surface area (Å²) in [7, 11) is 0. The van der Waals surface area contributed by atoms with E-state index in [1.165, 1.54) is 23.1 Å². The Kier molecular flexibility index (Phi) is 5.20. The van der Waals surface area contributed by atoms with E-state index in [1.54, 1.807) is 23.1 Å². The smallest absolute Gasteiger partial charge is 0.292 e. The van der Waals surface area contributed by atoms with E-state index in [9.17, 15) is 9.90 Å². The minimum Gasteiger partial charge on any atom is -0.505 e. The first kappa shape index (κ1) is 19.0. The maximum absolute atomic E-state index is 12.8. The molecule has 1 atom stereocenters. The zero-order valence-electron chi connectivity index (χ0n) is 14.8. The predicted octanol–water partition coefficient (Wildman–Crippen LogP) is 3.45. The van der Waals surface area contributed by atoms with Crippen LogP contribution in [0.1, 0.15) is 22.3 Å². The molecular weight excluding hydrogens is 415 g/mol. The van der Waals surface area contributed by atoms with E-state index in [1.807, 2.05) is 30.3 Å². The predicted molar refractivity (Wildman–Crippen MR) is 107 cm³/mol. The SMILES string of the molecule is O=C(NC(c1ccccc1)n1cccn1)c1ncn(-c2cc(Cl)c(O)c(Cl)c2)n1. The molecule has 2 heterocycles. The van der Waals surface area contributed by atoms with Crippen LogP contribution in [0.5, 0.6) is 5.75 Å². The number of aromatic nitrogens is 5. The monoisotopic (exact) mass is 428 g/mol. The van der Waals surface area contributed by atoms with Gasteiger partial charge in [0.05, 0.1) is 15.7 Å². The number of nitrogens with zero attached hydrogens (tertiary/aromatic N) is 5. The third kappa shape index (κ3) is 3.94. The molecule has 10 heteroatoms. The summed E-state index contributed by atoms with van der Waals surface area (Å²) >= 11 is 11.9. The van der Waals surface area contributed by atoms with Gasteiger partial charge in [0.1, 0.15) is 12.5 Å². The third-order valence-corrected chi connectivity index (χ3v) is 4.71. The van der Waals surface area contributed by atoms with Crippen LogP contribution in [0, 0.1) is 0 Å². The Labute approximate surface area is 175 Å². The molecule has 4 aromatic rings. The first-order valence-electron chi connectivity index (χ1n) is 8.48. The highest BCUT2D eigenvalue weighted by Crippen LogP contribution is 2.33. The summed E-state index contributed by atoms with van der Waals surface area (Å²) in [5.74, 6) is -0.748. The van der Waals surface area contributed by atoms with Gasteiger partial charge in [-0.2, -0.15) is 5.10 Å². The molecule has 0 spiro atoms. The summed E-state index contributed by atoms with van der Waals surface area (Å²) in [6.07, 6.45) is 4.22. The maximum atomic E-state index is 12.8. The van der Waals surface area contributed by atoms with Gasteiger partial charge in [-0.1, -0.05) is 53.5 Å². The van der Waals surface area contributed by atoms with E-state index < -0.39 is 12.1 Å². The average Bonchev–Trinajstić information content (AvgIpc) is 3.42. The lowest BCUT2D eigenvalue weighted by Gasteiger charge is -2.19. The Bertz CT molecular complexity index is 1120. The van der Waals surface area contributed by atoms with Crippen LogP contribution in [0.15, 0.2) is 67.3 Å². The second-order valence-corrected chi connectivity index (χ2v) is 6.86. The summed E-state index contributed by atoms with van der Waals surface area (Å²) in [6, 6.07) is 14.1. The molecule has 1 unspecified atom stereocenters. The van der Waals surface area contributed by atoms with Crippen molar-refractivity contribution in [3.63, 3.8) is 0 Å². The number of nitrogens with one attached hydrogen (secondary N) is 1. The first-order valence-corrected chi connectivity index (χ1v) is 9.23. The molecular formula is C19H14Cl2N6O2. The van der Waals surface area contributed by atoms with Crippen LogP contribution in [0.2, 0.25) is 10.0 Å². The van der Waals surface area contributed by atoms with E-state index in [0.717, 1.165) is 5.56 Å². The van der Waals surface area contributed by atoms with Crippen LogP contribution < -0.4 is 5.32 Å². The molecule has 146 valence electrons. The van der Waals surface area contributed by atoms with Gasteiger partial charge in [-0.25, -0.2) is 14.3 Å². The summed E-state index contributed by atoms with van der Waals surface area (Å²) in [4.78, 5) is 16.8. The van der Waals surface area contributed by atoms with E-state index in [-0.39, 0.29) is 21.6 Å². The molecule has 0 fully saturated rings. The molecule has 0 saturated heterocycles. The normalized spacial score (nSPS) is 11.9. The van der Waals surface area contributed by atoms with E-state index in [4.69, 9.17) is 23.2 Å². The Hall–Kier alpha value is -3.36. The summed E-state index contributed by atoms with van der Waals surface area (Å²) in [5.41, 5.74) is 1.30. The minimum atomic E-state index is -0.525. The fourth-order valence-electron chi connectivity index (χ4n) is 2.74. The number of halogens is 2. The summed E-state index contributed by atoms with van der Waals surface area (Å²) in [6.45, 7) is 0. The molecule has 0 saturated carbocycles. The maximum Gasteiger partial charge on any atom is 0.292 e. The van der Waals surface area contributed by atoms with Gasteiger partial charge in [0.2, 0.25) is 5.82 Å². The number of hydrogen-bond donors (Lipinski definition) is 2. The number of phenolic OH excluding ortho intramolecular Hbond substituents is 1. The number of amides is 1. The number of rotatable bonds is 5. The number of carbonyl (C=O) groups is 1. The lowest BCUT2D eigenvalue weighted by Crippen LogP contribution is -2.34. The highest BCUT2D eigenvalue weighted by Gasteiger charge is 2.20. The second-order valence-electron chi connectivity index (χ2n) is 6.04. The first-order chi connectivity index (χ1) is 14.0. The average molecular weight is 429 g/mol. The molecule has 2 N–H and O–H groups in total. The number of phenols is 1. The third-order valence-electron chi connectivity index (χ3n) is 4.13. The highest BCUT2D eigenvalue weighted by molar-refractivity contribution is 6.37. The Morgan fingerprint density at radius 1 is 1.10 bits per heavy atom. The van der Waals surface area contributed by atoms with Gasteiger partial charge in [0, 0.05) is 12.4 Å². The molecule has 0 bridgehead atoms. The molecule has 2 aromatic carbocycles. The van der Waals surface area contributed by atoms with Gasteiger partial charge in [-0.3, -0.25) is 4.79 Å². The van der Waals surface area contributed by atoms with Crippen molar-refractivity contribution >= 4 is 29.1 Å². The number of carbonyl (C=O) groups excluding carboxylic acids is 1. The minimum absolute atomic E-state index is 0.0431. The van der Waals surface area contributed by atoms with E-state index in [0.29, 0.717) is 5.69 Å². The molecule has 0 aliphatic heterocycles. The van der Waals surface area contributed by atoms with Gasteiger partial charge >= 0.3 is 0 Å². The standard InChI is InChI=1S/C19H14Cl2N6O2/c20-14-9-13(10-15(21)16(14)28)27-11-22-17(25-27)19(29)24-18(26-8-4-7-23-26)12-5-2-1-3-6-12/h1-11,18,28H,(H,24,29). The molecule has 29 heavy (non-hydrogen) atoms. The van der Waals surface area contributed by atoms with Crippen LogP contribution in [-0.4, -0.2) is 35.6 Å². The lowest BCUT2D eigenvalue weighted by molar-refractivity contribution is 0.0916. The van der Waals surface area contributed by atoms with Crippen molar-refractivity contribution in [2.24, 2.45) is 0 Å². The van der Waals surface area contributed by atoms with Crippen LogP contribution in [0.3, 0.4) is 0 Å². The van der Waals surface area contributed by atoms with Crippen LogP contribution >= 0.6 is 23.2 Å². The second kappa shape index (κ2) is 7.94. The topological polar surface area (TPSA) is 97.9 Å². The van der Waals surface area contributed by atoms with Crippen molar-refractivity contribution in [2.75, 3.05) is 0 Å². The molecule has 1 amide bonds. The molecule has 0 aliphatic rings. The van der Waals surface area contributed by atoms with Gasteiger partial charge in [-0.15, -0.1) is 5.10 Å².